The molecule has 4 rings (SSSR count). The number of aromatic nitrogens is 1. The summed E-state index contributed by atoms with van der Waals surface area (Å²) >= 11 is 0. The van der Waals surface area contributed by atoms with Crippen molar-refractivity contribution in [3.05, 3.63) is 96.6 Å². The molecule has 5 heteroatoms. The van der Waals surface area contributed by atoms with E-state index >= 15 is 0 Å². The van der Waals surface area contributed by atoms with Gasteiger partial charge in [-0.25, -0.2) is 9.37 Å². The highest BCUT2D eigenvalue weighted by Crippen LogP contribution is 2.32. The highest BCUT2D eigenvalue weighted by atomic mass is 19.1. The second-order valence-corrected chi connectivity index (χ2v) is 6.55. The third-order valence-electron chi connectivity index (χ3n) is 4.47. The zero-order valence-corrected chi connectivity index (χ0v) is 15.6. The molecule has 0 aliphatic heterocycles. The van der Waals surface area contributed by atoms with Crippen LogP contribution in [-0.2, 0) is 11.2 Å². The first kappa shape index (κ1) is 18.6. The van der Waals surface area contributed by atoms with Crippen LogP contribution in [0.1, 0.15) is 12.3 Å². The number of para-hydroxylation sites is 1. The van der Waals surface area contributed by atoms with Gasteiger partial charge in [0.2, 0.25) is 5.91 Å². The Morgan fingerprint density at radius 3 is 2.17 bits per heavy atom. The number of nitrogens with one attached hydrogen (secondary N) is 1. The molecule has 1 amide bonds. The Morgan fingerprint density at radius 2 is 1.48 bits per heavy atom. The zero-order valence-electron chi connectivity index (χ0n) is 15.6. The van der Waals surface area contributed by atoms with Gasteiger partial charge in [-0.05, 0) is 12.1 Å². The van der Waals surface area contributed by atoms with E-state index in [4.69, 9.17) is 4.42 Å². The molecule has 0 bridgehead atoms. The number of carbonyl (C=O) groups excluding carboxylic acids is 1. The van der Waals surface area contributed by atoms with Gasteiger partial charge in [0, 0.05) is 24.0 Å². The van der Waals surface area contributed by atoms with Crippen molar-refractivity contribution < 1.29 is 13.6 Å². The average molecular weight is 386 g/mol. The topological polar surface area (TPSA) is 55.1 Å². The molecule has 0 radical (unpaired) electrons. The summed E-state index contributed by atoms with van der Waals surface area (Å²) in [7, 11) is 0. The number of halogens is 1. The summed E-state index contributed by atoms with van der Waals surface area (Å²) in [6.45, 7) is 0. The second kappa shape index (κ2) is 8.52. The molecular weight excluding hydrogens is 367 g/mol. The maximum absolute atomic E-state index is 13.7. The Kier molecular flexibility index (Phi) is 5.47. The fourth-order valence-corrected chi connectivity index (χ4v) is 3.04. The number of nitrogens with zero attached hydrogens (tertiary/aromatic N) is 1. The van der Waals surface area contributed by atoms with Crippen molar-refractivity contribution in [1.29, 1.82) is 0 Å². The first-order chi connectivity index (χ1) is 14.2. The minimum absolute atomic E-state index is 0.136. The number of carbonyl (C=O) groups is 1. The first-order valence-electron chi connectivity index (χ1n) is 9.35. The predicted molar refractivity (Wildman–Crippen MR) is 111 cm³/mol. The van der Waals surface area contributed by atoms with Gasteiger partial charge in [-0.15, -0.1) is 0 Å². The van der Waals surface area contributed by atoms with Crippen molar-refractivity contribution in [2.75, 3.05) is 5.32 Å². The van der Waals surface area contributed by atoms with Crippen LogP contribution >= 0.6 is 0 Å². The van der Waals surface area contributed by atoms with Crippen LogP contribution in [0.3, 0.4) is 0 Å². The van der Waals surface area contributed by atoms with Gasteiger partial charge in [-0.2, -0.15) is 0 Å². The number of amides is 1. The van der Waals surface area contributed by atoms with E-state index in [1.54, 1.807) is 12.1 Å². The highest BCUT2D eigenvalue weighted by molar-refractivity contribution is 5.90. The lowest BCUT2D eigenvalue weighted by Crippen LogP contribution is -2.13. The summed E-state index contributed by atoms with van der Waals surface area (Å²) in [5, 5.41) is 2.58. The molecule has 0 unspecified atom stereocenters. The van der Waals surface area contributed by atoms with Crippen molar-refractivity contribution >= 4 is 11.6 Å². The van der Waals surface area contributed by atoms with Gasteiger partial charge in [0.15, 0.2) is 11.7 Å². The van der Waals surface area contributed by atoms with E-state index in [0.717, 1.165) is 16.8 Å². The highest BCUT2D eigenvalue weighted by Gasteiger charge is 2.17. The van der Waals surface area contributed by atoms with Gasteiger partial charge in [0.1, 0.15) is 11.5 Å². The van der Waals surface area contributed by atoms with E-state index < -0.39 is 5.82 Å². The minimum Gasteiger partial charge on any atom is -0.440 e. The van der Waals surface area contributed by atoms with Crippen LogP contribution in [0.25, 0.3) is 22.6 Å². The Hall–Kier alpha value is -3.73. The van der Waals surface area contributed by atoms with Crippen LogP contribution in [0.15, 0.2) is 89.3 Å². The molecule has 0 aliphatic carbocycles. The molecule has 3 aromatic carbocycles. The fraction of sp³-hybridized carbons (Fsp3) is 0.0833. The Bertz CT molecular complexity index is 1050. The van der Waals surface area contributed by atoms with Crippen LogP contribution in [0.5, 0.6) is 0 Å². The molecule has 0 saturated carbocycles. The first-order valence-corrected chi connectivity index (χ1v) is 9.35. The van der Waals surface area contributed by atoms with Gasteiger partial charge < -0.3 is 9.73 Å². The number of hydrogen-bond acceptors (Lipinski definition) is 3. The molecule has 0 spiro atoms. The summed E-state index contributed by atoms with van der Waals surface area (Å²) in [5.41, 5.74) is 2.76. The van der Waals surface area contributed by atoms with E-state index in [-0.39, 0.29) is 18.0 Å². The van der Waals surface area contributed by atoms with Gasteiger partial charge >= 0.3 is 0 Å². The molecule has 4 nitrogen and oxygen atoms in total. The van der Waals surface area contributed by atoms with E-state index in [1.807, 2.05) is 60.7 Å². The minimum atomic E-state index is -0.463. The van der Waals surface area contributed by atoms with E-state index in [9.17, 15) is 9.18 Å². The van der Waals surface area contributed by atoms with Crippen LogP contribution < -0.4 is 5.32 Å². The Morgan fingerprint density at radius 1 is 0.862 bits per heavy atom. The molecule has 1 heterocycles. The lowest BCUT2D eigenvalue weighted by molar-refractivity contribution is -0.116. The summed E-state index contributed by atoms with van der Waals surface area (Å²) in [4.78, 5) is 16.9. The summed E-state index contributed by atoms with van der Waals surface area (Å²) in [6.07, 6.45) is 0.449. The number of aryl methyl sites for hydroxylation is 1. The maximum Gasteiger partial charge on any atom is 0.224 e. The van der Waals surface area contributed by atoms with Gasteiger partial charge in [0.25, 0.3) is 0 Å². The van der Waals surface area contributed by atoms with Crippen molar-refractivity contribution in [2.24, 2.45) is 0 Å². The predicted octanol–water partition coefficient (Wildman–Crippen LogP) is 5.72. The zero-order chi connectivity index (χ0) is 20.1. The van der Waals surface area contributed by atoms with Crippen molar-refractivity contribution in [3.8, 4) is 22.6 Å². The number of hydrogen-bond donors (Lipinski definition) is 1. The normalized spacial score (nSPS) is 10.7. The summed E-state index contributed by atoms with van der Waals surface area (Å²) < 4.78 is 19.7. The molecule has 0 atom stereocenters. The molecule has 0 saturated heterocycles. The Balaban J connectivity index is 1.54. The molecule has 1 aromatic heterocycles. The maximum atomic E-state index is 13.7. The van der Waals surface area contributed by atoms with Crippen LogP contribution in [-0.4, -0.2) is 10.9 Å². The Labute approximate surface area is 168 Å². The third-order valence-corrected chi connectivity index (χ3v) is 4.47. The largest absolute Gasteiger partial charge is 0.440 e. The number of benzene rings is 3. The van der Waals surface area contributed by atoms with Crippen molar-refractivity contribution in [2.45, 2.75) is 12.8 Å². The molecule has 29 heavy (non-hydrogen) atoms. The quantitative estimate of drug-likeness (QED) is 0.461. The standard InChI is InChI=1S/C24H19FN2O2/c25-19-13-7-8-14-20(19)26-21(28)15-16-22-27-23(17-9-3-1-4-10-17)24(29-22)18-11-5-2-6-12-18/h1-14H,15-16H2,(H,26,28). The lowest BCUT2D eigenvalue weighted by atomic mass is 10.1. The van der Waals surface area contributed by atoms with Crippen molar-refractivity contribution in [3.63, 3.8) is 0 Å². The fourth-order valence-electron chi connectivity index (χ4n) is 3.04. The van der Waals surface area contributed by atoms with E-state index in [2.05, 4.69) is 10.3 Å². The van der Waals surface area contributed by atoms with Crippen LogP contribution in [0.2, 0.25) is 0 Å². The lowest BCUT2D eigenvalue weighted by Gasteiger charge is -2.04. The molecule has 4 aromatic rings. The van der Waals surface area contributed by atoms with E-state index in [1.165, 1.54) is 12.1 Å². The number of rotatable bonds is 6. The molecule has 144 valence electrons. The van der Waals surface area contributed by atoms with Crippen LogP contribution in [0, 0.1) is 5.82 Å². The third kappa shape index (κ3) is 4.41. The van der Waals surface area contributed by atoms with Crippen molar-refractivity contribution in [1.82, 2.24) is 4.98 Å². The number of anilines is 1. The summed E-state index contributed by atoms with van der Waals surface area (Å²) in [6, 6.07) is 25.6. The average Bonchev–Trinajstić information content (AvgIpc) is 3.20. The molecule has 0 fully saturated rings. The molecule has 1 N–H and O–H groups in total. The monoisotopic (exact) mass is 386 g/mol. The molecule has 0 aliphatic rings. The van der Waals surface area contributed by atoms with Gasteiger partial charge in [-0.1, -0.05) is 72.8 Å². The molecular formula is C24H19FN2O2. The smallest absolute Gasteiger partial charge is 0.224 e. The van der Waals surface area contributed by atoms with Crippen LogP contribution in [0.4, 0.5) is 10.1 Å². The van der Waals surface area contributed by atoms with Gasteiger partial charge in [0.05, 0.1) is 5.69 Å². The van der Waals surface area contributed by atoms with E-state index in [0.29, 0.717) is 18.1 Å². The SMILES string of the molecule is O=C(CCc1nc(-c2ccccc2)c(-c2ccccc2)o1)Nc1ccccc1F. The van der Waals surface area contributed by atoms with Gasteiger partial charge in [-0.3, -0.25) is 4.79 Å². The summed E-state index contributed by atoms with van der Waals surface area (Å²) in [5.74, 6) is 0.373. The second-order valence-electron chi connectivity index (χ2n) is 6.55. The number of oxazole rings is 1.